The maximum absolute atomic E-state index is 8.69. The summed E-state index contributed by atoms with van der Waals surface area (Å²) in [6.07, 6.45) is 5.26. The Morgan fingerprint density at radius 3 is 3.06 bits per heavy atom. The topological polar surface area (TPSA) is 89.3 Å². The molecule has 0 radical (unpaired) electrons. The van der Waals surface area contributed by atoms with E-state index >= 15 is 0 Å². The van der Waals surface area contributed by atoms with Gasteiger partial charge in [-0.25, -0.2) is 4.98 Å². The molecular weight excluding hydrogens is 238 g/mol. The molecule has 0 fully saturated rings. The molecule has 17 heavy (non-hydrogen) atoms. The average molecular weight is 249 g/mol. The Bertz CT molecular complexity index is 551. The van der Waals surface area contributed by atoms with Gasteiger partial charge in [0.1, 0.15) is 5.03 Å². The number of nitrogens with zero attached hydrogens (tertiary/aromatic N) is 4. The van der Waals surface area contributed by atoms with Crippen molar-refractivity contribution in [3.05, 3.63) is 36.3 Å². The molecular formula is C10H11N5OS. The molecule has 0 spiro atoms. The van der Waals surface area contributed by atoms with E-state index in [2.05, 4.69) is 15.2 Å². The lowest BCUT2D eigenvalue weighted by molar-refractivity contribution is 0.318. The molecule has 0 aliphatic heterocycles. The lowest BCUT2D eigenvalue weighted by Gasteiger charge is -2.04. The van der Waals surface area contributed by atoms with Crippen molar-refractivity contribution in [1.82, 2.24) is 14.8 Å². The molecule has 2 aromatic heterocycles. The van der Waals surface area contributed by atoms with Crippen LogP contribution in [0.15, 0.2) is 45.8 Å². The van der Waals surface area contributed by atoms with Crippen molar-refractivity contribution in [1.29, 1.82) is 0 Å². The maximum atomic E-state index is 8.69. The zero-order valence-electron chi connectivity index (χ0n) is 9.11. The van der Waals surface area contributed by atoms with Crippen molar-refractivity contribution in [3.63, 3.8) is 0 Å². The molecule has 0 atom stereocenters. The third-order valence-corrected chi connectivity index (χ3v) is 3.02. The van der Waals surface area contributed by atoms with Gasteiger partial charge in [-0.2, -0.15) is 5.10 Å². The molecule has 7 heteroatoms. The third-order valence-electron chi connectivity index (χ3n) is 2.05. The van der Waals surface area contributed by atoms with Crippen LogP contribution in [0.1, 0.15) is 5.56 Å². The normalized spacial score (nSPS) is 11.7. The second-order valence-electron chi connectivity index (χ2n) is 3.29. The van der Waals surface area contributed by atoms with Gasteiger partial charge in [-0.15, -0.1) is 0 Å². The Kier molecular flexibility index (Phi) is 3.29. The van der Waals surface area contributed by atoms with Crippen molar-refractivity contribution >= 4 is 17.6 Å². The van der Waals surface area contributed by atoms with Gasteiger partial charge in [0, 0.05) is 19.4 Å². The second kappa shape index (κ2) is 4.88. The summed E-state index contributed by atoms with van der Waals surface area (Å²) < 4.78 is 1.70. The first-order chi connectivity index (χ1) is 8.20. The highest BCUT2D eigenvalue weighted by Crippen LogP contribution is 2.27. The maximum Gasteiger partial charge on any atom is 0.172 e. The van der Waals surface area contributed by atoms with Crippen molar-refractivity contribution in [2.45, 2.75) is 9.92 Å². The van der Waals surface area contributed by atoms with Crippen LogP contribution < -0.4 is 5.73 Å². The summed E-state index contributed by atoms with van der Waals surface area (Å²) in [6.45, 7) is 0. The van der Waals surface area contributed by atoms with Gasteiger partial charge in [0.2, 0.25) is 0 Å². The molecule has 0 amide bonds. The van der Waals surface area contributed by atoms with E-state index in [1.807, 2.05) is 13.2 Å². The fourth-order valence-corrected chi connectivity index (χ4v) is 2.21. The number of amidine groups is 1. The molecule has 3 N–H and O–H groups in total. The minimum atomic E-state index is 0.0458. The first-order valence-corrected chi connectivity index (χ1v) is 5.62. The largest absolute Gasteiger partial charge is 0.409 e. The average Bonchev–Trinajstić information content (AvgIpc) is 2.74. The molecule has 6 nitrogen and oxygen atoms in total. The highest BCUT2D eigenvalue weighted by Gasteiger charge is 2.10. The van der Waals surface area contributed by atoms with Crippen LogP contribution in [0.3, 0.4) is 0 Å². The molecule has 2 aromatic rings. The van der Waals surface area contributed by atoms with Gasteiger partial charge in [0.05, 0.1) is 16.7 Å². The van der Waals surface area contributed by atoms with E-state index in [1.165, 1.54) is 11.8 Å². The van der Waals surface area contributed by atoms with Crippen molar-refractivity contribution in [3.8, 4) is 0 Å². The molecule has 0 saturated heterocycles. The van der Waals surface area contributed by atoms with Crippen LogP contribution in [0.25, 0.3) is 0 Å². The van der Waals surface area contributed by atoms with Crippen LogP contribution in [0.5, 0.6) is 0 Å². The quantitative estimate of drug-likeness (QED) is 0.367. The molecule has 0 saturated carbocycles. The summed E-state index contributed by atoms with van der Waals surface area (Å²) in [7, 11) is 1.84. The fourth-order valence-electron chi connectivity index (χ4n) is 1.28. The molecule has 0 aliphatic rings. The Morgan fingerprint density at radius 2 is 2.41 bits per heavy atom. The lowest BCUT2D eigenvalue weighted by Crippen LogP contribution is -2.14. The van der Waals surface area contributed by atoms with E-state index in [0.29, 0.717) is 10.6 Å². The van der Waals surface area contributed by atoms with E-state index in [9.17, 15) is 0 Å². The van der Waals surface area contributed by atoms with Gasteiger partial charge in [-0.3, -0.25) is 4.68 Å². The predicted octanol–water partition coefficient (Wildman–Crippen LogP) is 1.06. The molecule has 2 heterocycles. The summed E-state index contributed by atoms with van der Waals surface area (Å²) in [6, 6.07) is 3.49. The standard InChI is InChI=1S/C10H11N5OS/c1-15-6-7(5-13-15)17-10-8(9(11)14-16)3-2-4-12-10/h2-6,16H,1H3,(H2,11,14). The molecule has 2 rings (SSSR count). The molecule has 0 aliphatic carbocycles. The van der Waals surface area contributed by atoms with E-state index in [4.69, 9.17) is 10.9 Å². The summed E-state index contributed by atoms with van der Waals surface area (Å²) in [4.78, 5) is 5.15. The van der Waals surface area contributed by atoms with Gasteiger partial charge >= 0.3 is 0 Å². The highest BCUT2D eigenvalue weighted by molar-refractivity contribution is 7.99. The minimum Gasteiger partial charge on any atom is -0.409 e. The van der Waals surface area contributed by atoms with Gasteiger partial charge in [0.25, 0.3) is 0 Å². The molecule has 0 bridgehead atoms. The summed E-state index contributed by atoms with van der Waals surface area (Å²) >= 11 is 1.41. The van der Waals surface area contributed by atoms with Gasteiger partial charge in [-0.1, -0.05) is 16.9 Å². The monoisotopic (exact) mass is 249 g/mol. The summed E-state index contributed by atoms with van der Waals surface area (Å²) in [5.41, 5.74) is 6.18. The Hall–Kier alpha value is -2.02. The number of aromatic nitrogens is 3. The van der Waals surface area contributed by atoms with E-state index in [0.717, 1.165) is 4.90 Å². The molecule has 0 unspecified atom stereocenters. The Morgan fingerprint density at radius 1 is 1.59 bits per heavy atom. The van der Waals surface area contributed by atoms with Crippen LogP contribution in [0.4, 0.5) is 0 Å². The van der Waals surface area contributed by atoms with Crippen molar-refractivity contribution < 1.29 is 5.21 Å². The van der Waals surface area contributed by atoms with Crippen LogP contribution in [0, 0.1) is 0 Å². The van der Waals surface area contributed by atoms with Gasteiger partial charge in [0.15, 0.2) is 5.84 Å². The SMILES string of the molecule is Cn1cc(Sc2ncccc2C(N)=NO)cn1. The molecule has 88 valence electrons. The third kappa shape index (κ3) is 2.56. The first-order valence-electron chi connectivity index (χ1n) is 4.80. The van der Waals surface area contributed by atoms with Gasteiger partial charge in [-0.05, 0) is 12.1 Å². The first kappa shape index (κ1) is 11.5. The number of aryl methyl sites for hydroxylation is 1. The fraction of sp³-hybridized carbons (Fsp3) is 0.100. The lowest BCUT2D eigenvalue weighted by atomic mass is 10.3. The van der Waals surface area contributed by atoms with Crippen LogP contribution in [0.2, 0.25) is 0 Å². The van der Waals surface area contributed by atoms with Crippen LogP contribution >= 0.6 is 11.8 Å². The summed E-state index contributed by atoms with van der Waals surface area (Å²) in [5, 5.41) is 16.4. The zero-order valence-corrected chi connectivity index (χ0v) is 9.92. The highest BCUT2D eigenvalue weighted by atomic mass is 32.2. The van der Waals surface area contributed by atoms with E-state index in [1.54, 1.807) is 29.2 Å². The van der Waals surface area contributed by atoms with E-state index < -0.39 is 0 Å². The number of oxime groups is 1. The van der Waals surface area contributed by atoms with Crippen molar-refractivity contribution in [2.75, 3.05) is 0 Å². The Labute approximate surface area is 102 Å². The predicted molar refractivity (Wildman–Crippen MR) is 64.1 cm³/mol. The number of rotatable bonds is 3. The van der Waals surface area contributed by atoms with E-state index in [-0.39, 0.29) is 5.84 Å². The number of nitrogens with two attached hydrogens (primary N) is 1. The van der Waals surface area contributed by atoms with Crippen LogP contribution in [-0.2, 0) is 7.05 Å². The number of hydrogen-bond acceptors (Lipinski definition) is 5. The Balaban J connectivity index is 2.32. The van der Waals surface area contributed by atoms with Crippen molar-refractivity contribution in [2.24, 2.45) is 17.9 Å². The van der Waals surface area contributed by atoms with Crippen LogP contribution in [-0.4, -0.2) is 25.8 Å². The second-order valence-corrected chi connectivity index (χ2v) is 4.36. The summed E-state index contributed by atoms with van der Waals surface area (Å²) in [5.74, 6) is 0.0458. The number of pyridine rings is 1. The van der Waals surface area contributed by atoms with Gasteiger partial charge < -0.3 is 10.9 Å². The molecule has 0 aromatic carbocycles. The smallest absolute Gasteiger partial charge is 0.172 e. The minimum absolute atomic E-state index is 0.0458. The number of hydrogen-bond donors (Lipinski definition) is 2. The zero-order chi connectivity index (χ0) is 12.3.